The summed E-state index contributed by atoms with van der Waals surface area (Å²) in [5.41, 5.74) is 0.580. The van der Waals surface area contributed by atoms with Gasteiger partial charge in [0.1, 0.15) is 0 Å². The van der Waals surface area contributed by atoms with Gasteiger partial charge in [0.2, 0.25) is 0 Å². The van der Waals surface area contributed by atoms with E-state index in [1.165, 1.54) is 51.9 Å². The zero-order valence-corrected chi connectivity index (χ0v) is 10.8. The van der Waals surface area contributed by atoms with Crippen LogP contribution in [0.4, 0.5) is 0 Å². The second kappa shape index (κ2) is 6.49. The van der Waals surface area contributed by atoms with Crippen LogP contribution >= 0.6 is 0 Å². The lowest BCUT2D eigenvalue weighted by atomic mass is 9.85. The van der Waals surface area contributed by atoms with Gasteiger partial charge in [0.05, 0.1) is 0 Å². The second-order valence-corrected chi connectivity index (χ2v) is 5.57. The van der Waals surface area contributed by atoms with Gasteiger partial charge in [0, 0.05) is 0 Å². The van der Waals surface area contributed by atoms with Crippen LogP contribution in [-0.2, 0) is 0 Å². The molecule has 0 atom stereocenters. The van der Waals surface area contributed by atoms with Crippen molar-refractivity contribution in [1.29, 1.82) is 0 Å². The first kappa shape index (κ1) is 13.0. The Balaban J connectivity index is 2.14. The van der Waals surface area contributed by atoms with Crippen molar-refractivity contribution in [3.63, 3.8) is 0 Å². The minimum Gasteiger partial charge on any atom is -0.317 e. The standard InChI is InChI=1S/C13H28N2/c1-4-14-9-6-11-15-10-5-7-13(2,3)8-12-15/h14H,4-12H2,1-3H3. The number of hydrogen-bond acceptors (Lipinski definition) is 2. The summed E-state index contributed by atoms with van der Waals surface area (Å²) in [7, 11) is 0. The van der Waals surface area contributed by atoms with Crippen LogP contribution in [0.5, 0.6) is 0 Å². The number of nitrogens with one attached hydrogen (secondary N) is 1. The summed E-state index contributed by atoms with van der Waals surface area (Å²) < 4.78 is 0. The third kappa shape index (κ3) is 5.53. The maximum Gasteiger partial charge on any atom is -0.000664 e. The molecule has 0 bridgehead atoms. The van der Waals surface area contributed by atoms with Crippen LogP contribution < -0.4 is 5.32 Å². The van der Waals surface area contributed by atoms with Gasteiger partial charge in [0.25, 0.3) is 0 Å². The minimum atomic E-state index is 0.580. The van der Waals surface area contributed by atoms with Crippen molar-refractivity contribution in [3.05, 3.63) is 0 Å². The van der Waals surface area contributed by atoms with E-state index in [-0.39, 0.29) is 0 Å². The van der Waals surface area contributed by atoms with E-state index in [1.807, 2.05) is 0 Å². The molecule has 0 amide bonds. The zero-order valence-electron chi connectivity index (χ0n) is 10.8. The summed E-state index contributed by atoms with van der Waals surface area (Å²) >= 11 is 0. The van der Waals surface area contributed by atoms with Crippen LogP contribution in [0.1, 0.15) is 46.5 Å². The van der Waals surface area contributed by atoms with Gasteiger partial charge in [-0.1, -0.05) is 20.8 Å². The molecule has 1 saturated heterocycles. The van der Waals surface area contributed by atoms with Gasteiger partial charge in [-0.25, -0.2) is 0 Å². The van der Waals surface area contributed by atoms with Crippen molar-refractivity contribution < 1.29 is 0 Å². The SMILES string of the molecule is CCNCCCN1CCCC(C)(C)CC1. The quantitative estimate of drug-likeness (QED) is 0.704. The molecule has 0 aromatic rings. The number of rotatable bonds is 5. The van der Waals surface area contributed by atoms with Gasteiger partial charge in [-0.15, -0.1) is 0 Å². The van der Waals surface area contributed by atoms with Gasteiger partial charge < -0.3 is 10.2 Å². The molecule has 0 aromatic carbocycles. The maximum atomic E-state index is 3.39. The molecule has 0 aromatic heterocycles. The Hall–Kier alpha value is -0.0800. The minimum absolute atomic E-state index is 0.580. The molecule has 0 unspecified atom stereocenters. The predicted octanol–water partition coefficient (Wildman–Crippen LogP) is 2.50. The van der Waals surface area contributed by atoms with E-state index in [0.29, 0.717) is 5.41 Å². The first-order chi connectivity index (χ1) is 7.14. The van der Waals surface area contributed by atoms with Gasteiger partial charge in [-0.05, 0) is 63.8 Å². The fourth-order valence-corrected chi connectivity index (χ4v) is 2.31. The summed E-state index contributed by atoms with van der Waals surface area (Å²) in [6.07, 6.45) is 5.45. The van der Waals surface area contributed by atoms with Crippen molar-refractivity contribution in [2.45, 2.75) is 46.5 Å². The Bertz CT molecular complexity index is 166. The first-order valence-electron chi connectivity index (χ1n) is 6.57. The van der Waals surface area contributed by atoms with E-state index in [0.717, 1.165) is 6.54 Å². The average molecular weight is 212 g/mol. The van der Waals surface area contributed by atoms with Crippen molar-refractivity contribution >= 4 is 0 Å². The maximum absolute atomic E-state index is 3.39. The molecule has 1 fully saturated rings. The molecule has 1 aliphatic heterocycles. The van der Waals surface area contributed by atoms with E-state index in [1.54, 1.807) is 0 Å². The summed E-state index contributed by atoms with van der Waals surface area (Å²) in [6.45, 7) is 13.2. The summed E-state index contributed by atoms with van der Waals surface area (Å²) in [6, 6.07) is 0. The lowest BCUT2D eigenvalue weighted by Gasteiger charge is -2.23. The Labute approximate surface area is 95.4 Å². The molecule has 2 heteroatoms. The normalized spacial score (nSPS) is 22.6. The van der Waals surface area contributed by atoms with Crippen LogP contribution in [0.3, 0.4) is 0 Å². The molecule has 2 nitrogen and oxygen atoms in total. The van der Waals surface area contributed by atoms with Crippen LogP contribution in [0.15, 0.2) is 0 Å². The molecule has 1 aliphatic rings. The Morgan fingerprint density at radius 3 is 2.73 bits per heavy atom. The smallest absolute Gasteiger partial charge is 0.000664 e. The number of likely N-dealkylation sites (tertiary alicyclic amines) is 1. The third-order valence-electron chi connectivity index (χ3n) is 3.51. The highest BCUT2D eigenvalue weighted by molar-refractivity contribution is 4.76. The van der Waals surface area contributed by atoms with Crippen molar-refractivity contribution in [1.82, 2.24) is 10.2 Å². The van der Waals surface area contributed by atoms with Crippen LogP contribution in [0.2, 0.25) is 0 Å². The highest BCUT2D eigenvalue weighted by Crippen LogP contribution is 2.29. The third-order valence-corrected chi connectivity index (χ3v) is 3.51. The summed E-state index contributed by atoms with van der Waals surface area (Å²) in [4.78, 5) is 2.64. The largest absolute Gasteiger partial charge is 0.317 e. The molecular weight excluding hydrogens is 184 g/mol. The topological polar surface area (TPSA) is 15.3 Å². The van der Waals surface area contributed by atoms with E-state index in [9.17, 15) is 0 Å². The van der Waals surface area contributed by atoms with Crippen molar-refractivity contribution in [2.24, 2.45) is 5.41 Å². The fraction of sp³-hybridized carbons (Fsp3) is 1.00. The van der Waals surface area contributed by atoms with E-state index in [4.69, 9.17) is 0 Å². The molecule has 90 valence electrons. The molecule has 1 rings (SSSR count). The number of nitrogens with zero attached hydrogens (tertiary/aromatic N) is 1. The van der Waals surface area contributed by atoms with Gasteiger partial charge in [-0.2, -0.15) is 0 Å². The average Bonchev–Trinajstić information content (AvgIpc) is 2.35. The van der Waals surface area contributed by atoms with Crippen LogP contribution in [0, 0.1) is 5.41 Å². The first-order valence-corrected chi connectivity index (χ1v) is 6.57. The Morgan fingerprint density at radius 2 is 2.00 bits per heavy atom. The van der Waals surface area contributed by atoms with E-state index in [2.05, 4.69) is 31.0 Å². The van der Waals surface area contributed by atoms with Crippen molar-refractivity contribution in [2.75, 3.05) is 32.7 Å². The van der Waals surface area contributed by atoms with Gasteiger partial charge in [-0.3, -0.25) is 0 Å². The zero-order chi connectivity index (χ0) is 11.1. The van der Waals surface area contributed by atoms with Crippen molar-refractivity contribution in [3.8, 4) is 0 Å². The Kier molecular flexibility index (Phi) is 5.62. The molecule has 15 heavy (non-hydrogen) atoms. The van der Waals surface area contributed by atoms with E-state index >= 15 is 0 Å². The van der Waals surface area contributed by atoms with Gasteiger partial charge >= 0.3 is 0 Å². The monoisotopic (exact) mass is 212 g/mol. The lowest BCUT2D eigenvalue weighted by molar-refractivity contribution is 0.259. The number of hydrogen-bond donors (Lipinski definition) is 1. The molecule has 0 spiro atoms. The second-order valence-electron chi connectivity index (χ2n) is 5.57. The lowest BCUT2D eigenvalue weighted by Crippen LogP contribution is -2.29. The summed E-state index contributed by atoms with van der Waals surface area (Å²) in [5, 5.41) is 3.39. The predicted molar refractivity (Wildman–Crippen MR) is 67.2 cm³/mol. The highest BCUT2D eigenvalue weighted by Gasteiger charge is 2.22. The van der Waals surface area contributed by atoms with Crippen LogP contribution in [0.25, 0.3) is 0 Å². The highest BCUT2D eigenvalue weighted by atomic mass is 15.1. The summed E-state index contributed by atoms with van der Waals surface area (Å²) in [5.74, 6) is 0. The molecule has 0 radical (unpaired) electrons. The van der Waals surface area contributed by atoms with Crippen LogP contribution in [-0.4, -0.2) is 37.6 Å². The fourth-order valence-electron chi connectivity index (χ4n) is 2.31. The molecule has 1 heterocycles. The molecular formula is C13H28N2. The van der Waals surface area contributed by atoms with Gasteiger partial charge in [0.15, 0.2) is 0 Å². The Morgan fingerprint density at radius 1 is 1.20 bits per heavy atom. The molecule has 1 N–H and O–H groups in total. The molecule has 0 aliphatic carbocycles. The van der Waals surface area contributed by atoms with E-state index < -0.39 is 0 Å². The molecule has 0 saturated carbocycles.